The zero-order valence-electron chi connectivity index (χ0n) is 20.7. The molecule has 0 unspecified atom stereocenters. The summed E-state index contributed by atoms with van der Waals surface area (Å²) < 4.78 is 34.0. The van der Waals surface area contributed by atoms with E-state index in [-0.39, 0.29) is 11.3 Å². The standard InChI is InChI=1S/C30H39F2NO/c1-3-5-6-7-21-8-10-22(11-9-21)23-12-14-24(15-13-23)25-16-18-27(33-20-25)26-17-19-28(34-4-2)30(32)29(26)31/h3,5,16-24H,4,6-15H2,1-2H3/b5-3+. The van der Waals surface area contributed by atoms with Crippen molar-refractivity contribution in [2.24, 2.45) is 17.8 Å². The van der Waals surface area contributed by atoms with E-state index in [9.17, 15) is 8.78 Å². The number of allylic oxidation sites excluding steroid dienone is 2. The summed E-state index contributed by atoms with van der Waals surface area (Å²) in [7, 11) is 0. The zero-order chi connectivity index (χ0) is 23.9. The van der Waals surface area contributed by atoms with Crippen molar-refractivity contribution >= 4 is 0 Å². The molecular weight excluding hydrogens is 428 g/mol. The third-order valence-electron chi connectivity index (χ3n) is 8.19. The Morgan fingerprint density at radius 3 is 2.24 bits per heavy atom. The highest BCUT2D eigenvalue weighted by Gasteiger charge is 2.31. The average molecular weight is 468 g/mol. The number of pyridine rings is 1. The van der Waals surface area contributed by atoms with Crippen molar-refractivity contribution in [3.63, 3.8) is 0 Å². The highest BCUT2D eigenvalue weighted by atomic mass is 19.2. The van der Waals surface area contributed by atoms with Gasteiger partial charge >= 0.3 is 0 Å². The number of halogens is 2. The molecule has 1 aromatic carbocycles. The maximum absolute atomic E-state index is 14.5. The van der Waals surface area contributed by atoms with Gasteiger partial charge in [-0.25, -0.2) is 4.39 Å². The molecule has 0 bridgehead atoms. The highest BCUT2D eigenvalue weighted by Crippen LogP contribution is 2.44. The summed E-state index contributed by atoms with van der Waals surface area (Å²) in [4.78, 5) is 4.50. The lowest BCUT2D eigenvalue weighted by molar-refractivity contribution is 0.157. The van der Waals surface area contributed by atoms with Crippen molar-refractivity contribution in [2.75, 3.05) is 6.61 Å². The van der Waals surface area contributed by atoms with Crippen LogP contribution in [0.3, 0.4) is 0 Å². The fraction of sp³-hybridized carbons (Fsp3) is 0.567. The van der Waals surface area contributed by atoms with Crippen molar-refractivity contribution in [1.82, 2.24) is 4.98 Å². The summed E-state index contributed by atoms with van der Waals surface area (Å²) in [5, 5.41) is 0. The maximum atomic E-state index is 14.5. The molecule has 1 aromatic heterocycles. The van der Waals surface area contributed by atoms with Crippen molar-refractivity contribution in [3.05, 3.63) is 59.8 Å². The first-order valence-electron chi connectivity index (χ1n) is 13.3. The summed E-state index contributed by atoms with van der Waals surface area (Å²) >= 11 is 0. The predicted molar refractivity (Wildman–Crippen MR) is 135 cm³/mol. The van der Waals surface area contributed by atoms with Crippen LogP contribution in [-0.2, 0) is 0 Å². The van der Waals surface area contributed by atoms with E-state index < -0.39 is 11.6 Å². The summed E-state index contributed by atoms with van der Waals surface area (Å²) in [6, 6.07) is 6.90. The fourth-order valence-corrected chi connectivity index (χ4v) is 6.17. The molecule has 0 spiro atoms. The lowest BCUT2D eigenvalue weighted by Crippen LogP contribution is -2.25. The Morgan fingerprint density at radius 1 is 0.912 bits per heavy atom. The molecule has 1 heterocycles. The molecule has 0 aliphatic heterocycles. The molecule has 4 rings (SSSR count). The number of hydrogen-bond donors (Lipinski definition) is 0. The molecule has 0 atom stereocenters. The van der Waals surface area contributed by atoms with E-state index in [4.69, 9.17) is 4.74 Å². The van der Waals surface area contributed by atoms with Gasteiger partial charge in [-0.3, -0.25) is 4.98 Å². The third kappa shape index (κ3) is 5.87. The number of aromatic nitrogens is 1. The van der Waals surface area contributed by atoms with E-state index in [1.54, 1.807) is 13.0 Å². The molecule has 2 fully saturated rings. The van der Waals surface area contributed by atoms with Crippen molar-refractivity contribution in [2.45, 2.75) is 84.0 Å². The van der Waals surface area contributed by atoms with Crippen LogP contribution in [-0.4, -0.2) is 11.6 Å². The topological polar surface area (TPSA) is 22.1 Å². The van der Waals surface area contributed by atoms with E-state index in [0.29, 0.717) is 18.2 Å². The number of benzene rings is 1. The second kappa shape index (κ2) is 12.0. The Hall–Kier alpha value is -2.23. The Kier molecular flexibility index (Phi) is 8.74. The highest BCUT2D eigenvalue weighted by molar-refractivity contribution is 5.61. The average Bonchev–Trinajstić information content (AvgIpc) is 2.88. The van der Waals surface area contributed by atoms with Gasteiger partial charge in [0.15, 0.2) is 11.6 Å². The number of ether oxygens (including phenoxy) is 1. The molecule has 2 aromatic rings. The second-order valence-corrected chi connectivity index (χ2v) is 10.2. The summed E-state index contributed by atoms with van der Waals surface area (Å²) in [5.41, 5.74) is 1.86. The molecule has 0 amide bonds. The van der Waals surface area contributed by atoms with Gasteiger partial charge < -0.3 is 4.74 Å². The molecule has 34 heavy (non-hydrogen) atoms. The first kappa shape index (κ1) is 24.9. The van der Waals surface area contributed by atoms with E-state index >= 15 is 0 Å². The van der Waals surface area contributed by atoms with Gasteiger partial charge in [-0.2, -0.15) is 4.39 Å². The van der Waals surface area contributed by atoms with Crippen LogP contribution in [0, 0.1) is 29.4 Å². The lowest BCUT2D eigenvalue weighted by Gasteiger charge is -2.38. The minimum absolute atomic E-state index is 0.0562. The van der Waals surface area contributed by atoms with Crippen LogP contribution in [0.2, 0.25) is 0 Å². The van der Waals surface area contributed by atoms with Gasteiger partial charge in [-0.1, -0.05) is 31.1 Å². The molecule has 0 N–H and O–H groups in total. The van der Waals surface area contributed by atoms with Crippen LogP contribution in [0.1, 0.15) is 89.5 Å². The number of hydrogen-bond acceptors (Lipinski definition) is 2. The van der Waals surface area contributed by atoms with Gasteiger partial charge in [-0.15, -0.1) is 0 Å². The number of rotatable bonds is 8. The molecule has 2 aliphatic rings. The second-order valence-electron chi connectivity index (χ2n) is 10.2. The van der Waals surface area contributed by atoms with E-state index in [1.807, 2.05) is 12.3 Å². The van der Waals surface area contributed by atoms with Crippen LogP contribution in [0.15, 0.2) is 42.6 Å². The summed E-state index contributed by atoms with van der Waals surface area (Å²) in [5.74, 6) is 1.34. The van der Waals surface area contributed by atoms with Crippen LogP contribution >= 0.6 is 0 Å². The molecule has 2 nitrogen and oxygen atoms in total. The van der Waals surface area contributed by atoms with E-state index in [1.165, 1.54) is 75.8 Å². The van der Waals surface area contributed by atoms with Gasteiger partial charge in [-0.05, 0) is 113 Å². The molecule has 0 saturated heterocycles. The van der Waals surface area contributed by atoms with Crippen molar-refractivity contribution in [1.29, 1.82) is 0 Å². The SMILES string of the molecule is C/C=C/CCC1CCC(C2CCC(c3ccc(-c4ccc(OCC)c(F)c4F)nc3)CC2)CC1. The molecule has 2 saturated carbocycles. The first-order valence-corrected chi connectivity index (χ1v) is 13.3. The third-order valence-corrected chi connectivity index (χ3v) is 8.19. The maximum Gasteiger partial charge on any atom is 0.201 e. The summed E-state index contributed by atoms with van der Waals surface area (Å²) in [6.45, 7) is 4.15. The quantitative estimate of drug-likeness (QED) is 0.362. The van der Waals surface area contributed by atoms with Crippen molar-refractivity contribution in [3.8, 4) is 17.0 Å². The molecule has 184 valence electrons. The van der Waals surface area contributed by atoms with Gasteiger partial charge in [0.1, 0.15) is 0 Å². The normalized spacial score (nSPS) is 25.5. The Bertz CT molecular complexity index is 939. The van der Waals surface area contributed by atoms with Gasteiger partial charge in [0, 0.05) is 11.8 Å². The van der Waals surface area contributed by atoms with E-state index in [0.717, 1.165) is 17.8 Å². The molecule has 4 heteroatoms. The minimum atomic E-state index is -0.949. The largest absolute Gasteiger partial charge is 0.491 e. The Labute approximate surface area is 203 Å². The van der Waals surface area contributed by atoms with Crippen LogP contribution in [0.5, 0.6) is 5.75 Å². The van der Waals surface area contributed by atoms with Crippen LogP contribution in [0.25, 0.3) is 11.3 Å². The minimum Gasteiger partial charge on any atom is -0.491 e. The summed E-state index contributed by atoms with van der Waals surface area (Å²) in [6.07, 6.45) is 19.6. The Morgan fingerprint density at radius 2 is 1.62 bits per heavy atom. The predicted octanol–water partition coefficient (Wildman–Crippen LogP) is 8.86. The molecule has 0 radical (unpaired) electrons. The fourth-order valence-electron chi connectivity index (χ4n) is 6.17. The van der Waals surface area contributed by atoms with Gasteiger partial charge in [0.25, 0.3) is 0 Å². The smallest absolute Gasteiger partial charge is 0.201 e. The molecular formula is C30H39F2NO. The lowest BCUT2D eigenvalue weighted by atomic mass is 9.68. The van der Waals surface area contributed by atoms with Crippen LogP contribution in [0.4, 0.5) is 8.78 Å². The number of nitrogens with zero attached hydrogens (tertiary/aromatic N) is 1. The first-order chi connectivity index (χ1) is 16.6. The van der Waals surface area contributed by atoms with Gasteiger partial charge in [0.05, 0.1) is 12.3 Å². The van der Waals surface area contributed by atoms with E-state index in [2.05, 4.69) is 30.1 Å². The van der Waals surface area contributed by atoms with Crippen molar-refractivity contribution < 1.29 is 13.5 Å². The zero-order valence-corrected chi connectivity index (χ0v) is 20.7. The van der Waals surface area contributed by atoms with Gasteiger partial charge in [0.2, 0.25) is 5.82 Å². The monoisotopic (exact) mass is 467 g/mol. The van der Waals surface area contributed by atoms with Crippen LogP contribution < -0.4 is 4.74 Å². The molecule has 2 aliphatic carbocycles. The Balaban J connectivity index is 1.30.